The summed E-state index contributed by atoms with van der Waals surface area (Å²) < 4.78 is 0. The molecule has 0 aromatic carbocycles. The van der Waals surface area contributed by atoms with Crippen LogP contribution < -0.4 is 10.6 Å². The first-order chi connectivity index (χ1) is 8.91. The van der Waals surface area contributed by atoms with E-state index in [0.29, 0.717) is 4.88 Å². The van der Waals surface area contributed by atoms with Gasteiger partial charge in [0.25, 0.3) is 5.91 Å². The Hall–Kier alpha value is -1.40. The van der Waals surface area contributed by atoms with Crippen molar-refractivity contribution in [2.75, 3.05) is 6.54 Å². The normalized spacial score (nSPS) is 13.9. The van der Waals surface area contributed by atoms with E-state index < -0.39 is 12.1 Å². The molecule has 3 N–H and O–H groups in total. The van der Waals surface area contributed by atoms with Crippen molar-refractivity contribution in [2.24, 2.45) is 5.92 Å². The molecule has 106 valence electrons. The van der Waals surface area contributed by atoms with Crippen molar-refractivity contribution < 1.29 is 14.7 Å². The molecule has 0 saturated heterocycles. The standard InChI is InChI=1S/C13H20N2O3S/c1-8(2)10(16)7-14-12(17)9(3)15-13(18)11-5-4-6-19-11/h4-6,8-10,16H,7H2,1-3H3,(H,14,17)(H,15,18). The molecule has 1 aromatic rings. The third kappa shape index (κ3) is 5.00. The summed E-state index contributed by atoms with van der Waals surface area (Å²) in [4.78, 5) is 24.0. The first-order valence-corrected chi connectivity index (χ1v) is 7.10. The van der Waals surface area contributed by atoms with Crippen LogP contribution in [0.3, 0.4) is 0 Å². The number of aliphatic hydroxyl groups is 1. The van der Waals surface area contributed by atoms with Crippen molar-refractivity contribution in [3.8, 4) is 0 Å². The fourth-order valence-electron chi connectivity index (χ4n) is 1.34. The fourth-order valence-corrected chi connectivity index (χ4v) is 1.96. The van der Waals surface area contributed by atoms with Gasteiger partial charge in [-0.15, -0.1) is 11.3 Å². The Morgan fingerprint density at radius 3 is 2.58 bits per heavy atom. The van der Waals surface area contributed by atoms with Crippen molar-refractivity contribution in [3.63, 3.8) is 0 Å². The summed E-state index contributed by atoms with van der Waals surface area (Å²) in [6.45, 7) is 5.55. The number of hydrogen-bond acceptors (Lipinski definition) is 4. The number of rotatable bonds is 6. The van der Waals surface area contributed by atoms with Crippen molar-refractivity contribution >= 4 is 23.2 Å². The van der Waals surface area contributed by atoms with Gasteiger partial charge in [-0.05, 0) is 24.3 Å². The van der Waals surface area contributed by atoms with Gasteiger partial charge in [0, 0.05) is 6.54 Å². The van der Waals surface area contributed by atoms with Gasteiger partial charge in [-0.2, -0.15) is 0 Å². The number of nitrogens with one attached hydrogen (secondary N) is 2. The topological polar surface area (TPSA) is 78.4 Å². The van der Waals surface area contributed by atoms with Gasteiger partial charge in [-0.25, -0.2) is 0 Å². The third-order valence-electron chi connectivity index (χ3n) is 2.74. The molecule has 1 rings (SSSR count). The van der Waals surface area contributed by atoms with E-state index in [4.69, 9.17) is 0 Å². The number of thiophene rings is 1. The molecule has 1 aromatic heterocycles. The molecule has 0 radical (unpaired) electrons. The molecule has 0 aliphatic heterocycles. The highest BCUT2D eigenvalue weighted by atomic mass is 32.1. The molecule has 1 heterocycles. The van der Waals surface area contributed by atoms with E-state index in [2.05, 4.69) is 10.6 Å². The number of amides is 2. The van der Waals surface area contributed by atoms with Crippen molar-refractivity contribution in [2.45, 2.75) is 32.9 Å². The molecule has 2 unspecified atom stereocenters. The minimum atomic E-state index is -0.631. The Morgan fingerprint density at radius 1 is 1.37 bits per heavy atom. The lowest BCUT2D eigenvalue weighted by Crippen LogP contribution is -2.47. The van der Waals surface area contributed by atoms with Crippen LogP contribution in [0.5, 0.6) is 0 Å². The maximum absolute atomic E-state index is 11.7. The maximum atomic E-state index is 11.7. The Bertz CT molecular complexity index is 418. The molecule has 6 heteroatoms. The van der Waals surface area contributed by atoms with Crippen LogP contribution in [0.2, 0.25) is 0 Å². The first-order valence-electron chi connectivity index (χ1n) is 6.22. The van der Waals surface area contributed by atoms with Gasteiger partial charge >= 0.3 is 0 Å². The highest BCUT2D eigenvalue weighted by Crippen LogP contribution is 2.08. The van der Waals surface area contributed by atoms with Gasteiger partial charge in [0.05, 0.1) is 11.0 Å². The summed E-state index contributed by atoms with van der Waals surface area (Å²) in [5, 5.41) is 16.6. The van der Waals surface area contributed by atoms with Gasteiger partial charge in [0.1, 0.15) is 6.04 Å². The van der Waals surface area contributed by atoms with Gasteiger partial charge in [-0.1, -0.05) is 19.9 Å². The summed E-state index contributed by atoms with van der Waals surface area (Å²) in [6.07, 6.45) is -0.579. The zero-order chi connectivity index (χ0) is 14.4. The predicted octanol–water partition coefficient (Wildman–Crippen LogP) is 0.999. The predicted molar refractivity (Wildman–Crippen MR) is 75.1 cm³/mol. The molecule has 0 spiro atoms. The molecule has 0 aliphatic rings. The lowest BCUT2D eigenvalue weighted by Gasteiger charge is -2.18. The number of hydrogen-bond donors (Lipinski definition) is 3. The number of carbonyl (C=O) groups is 2. The van der Waals surface area contributed by atoms with E-state index >= 15 is 0 Å². The first kappa shape index (κ1) is 15.7. The summed E-state index contributed by atoms with van der Waals surface area (Å²) in [7, 11) is 0. The highest BCUT2D eigenvalue weighted by molar-refractivity contribution is 7.12. The Kier molecular flexibility index (Phi) is 5.98. The van der Waals surface area contributed by atoms with Crippen LogP contribution in [0, 0.1) is 5.92 Å². The third-order valence-corrected chi connectivity index (χ3v) is 3.61. The fraction of sp³-hybridized carbons (Fsp3) is 0.538. The molecule has 0 saturated carbocycles. The van der Waals surface area contributed by atoms with E-state index in [-0.39, 0.29) is 24.3 Å². The Balaban J connectivity index is 2.39. The second-order valence-corrected chi connectivity index (χ2v) is 5.68. The second kappa shape index (κ2) is 7.25. The van der Waals surface area contributed by atoms with E-state index in [0.717, 1.165) is 0 Å². The molecular formula is C13H20N2O3S. The van der Waals surface area contributed by atoms with E-state index in [1.165, 1.54) is 11.3 Å². The lowest BCUT2D eigenvalue weighted by atomic mass is 10.1. The van der Waals surface area contributed by atoms with Gasteiger partial charge < -0.3 is 15.7 Å². The van der Waals surface area contributed by atoms with Crippen molar-refractivity contribution in [3.05, 3.63) is 22.4 Å². The lowest BCUT2D eigenvalue weighted by molar-refractivity contribution is -0.123. The average molecular weight is 284 g/mol. The second-order valence-electron chi connectivity index (χ2n) is 4.73. The van der Waals surface area contributed by atoms with Crippen LogP contribution in [0.25, 0.3) is 0 Å². The van der Waals surface area contributed by atoms with E-state index in [1.54, 1.807) is 24.4 Å². The molecule has 0 aliphatic carbocycles. The Morgan fingerprint density at radius 2 is 2.05 bits per heavy atom. The summed E-state index contributed by atoms with van der Waals surface area (Å²) in [5.74, 6) is -0.483. The minimum Gasteiger partial charge on any atom is -0.391 e. The maximum Gasteiger partial charge on any atom is 0.261 e. The zero-order valence-electron chi connectivity index (χ0n) is 11.3. The van der Waals surface area contributed by atoms with Crippen LogP contribution >= 0.6 is 11.3 Å². The summed E-state index contributed by atoms with van der Waals surface area (Å²) in [6, 6.07) is 2.85. The smallest absolute Gasteiger partial charge is 0.261 e. The average Bonchev–Trinajstić information content (AvgIpc) is 2.88. The van der Waals surface area contributed by atoms with E-state index in [1.807, 2.05) is 13.8 Å². The quantitative estimate of drug-likeness (QED) is 0.729. The van der Waals surface area contributed by atoms with Crippen molar-refractivity contribution in [1.29, 1.82) is 0 Å². The molecule has 2 atom stereocenters. The van der Waals surface area contributed by atoms with Crippen LogP contribution in [0.4, 0.5) is 0 Å². The minimum absolute atomic E-state index is 0.0799. The van der Waals surface area contributed by atoms with Crippen molar-refractivity contribution in [1.82, 2.24) is 10.6 Å². The number of aliphatic hydroxyl groups excluding tert-OH is 1. The largest absolute Gasteiger partial charge is 0.391 e. The zero-order valence-corrected chi connectivity index (χ0v) is 12.2. The van der Waals surface area contributed by atoms with Gasteiger partial charge in [-0.3, -0.25) is 9.59 Å². The van der Waals surface area contributed by atoms with Crippen LogP contribution in [-0.2, 0) is 4.79 Å². The number of carbonyl (C=O) groups excluding carboxylic acids is 2. The molecule has 19 heavy (non-hydrogen) atoms. The highest BCUT2D eigenvalue weighted by Gasteiger charge is 2.18. The molecule has 5 nitrogen and oxygen atoms in total. The molecule has 2 amide bonds. The Labute approximate surface area is 117 Å². The van der Waals surface area contributed by atoms with Crippen LogP contribution in [-0.4, -0.2) is 35.6 Å². The van der Waals surface area contributed by atoms with Crippen LogP contribution in [0.15, 0.2) is 17.5 Å². The van der Waals surface area contributed by atoms with Gasteiger partial charge in [0.2, 0.25) is 5.91 Å². The van der Waals surface area contributed by atoms with E-state index in [9.17, 15) is 14.7 Å². The molecular weight excluding hydrogens is 264 g/mol. The monoisotopic (exact) mass is 284 g/mol. The molecule has 0 bridgehead atoms. The molecule has 0 fully saturated rings. The van der Waals surface area contributed by atoms with Crippen LogP contribution in [0.1, 0.15) is 30.4 Å². The summed E-state index contributed by atoms with van der Waals surface area (Å²) in [5.41, 5.74) is 0. The van der Waals surface area contributed by atoms with Gasteiger partial charge in [0.15, 0.2) is 0 Å². The summed E-state index contributed by atoms with van der Waals surface area (Å²) >= 11 is 1.32. The SMILES string of the molecule is CC(NC(=O)c1cccs1)C(=O)NCC(O)C(C)C.